The van der Waals surface area contributed by atoms with Gasteiger partial charge in [0, 0.05) is 31.2 Å². The molecule has 2 fully saturated rings. The Morgan fingerprint density at radius 1 is 1.28 bits per heavy atom. The van der Waals surface area contributed by atoms with E-state index in [9.17, 15) is 14.7 Å². The van der Waals surface area contributed by atoms with Crippen molar-refractivity contribution in [1.29, 1.82) is 0 Å². The van der Waals surface area contributed by atoms with E-state index in [1.807, 2.05) is 0 Å². The Kier molecular flexibility index (Phi) is 7.32. The monoisotopic (exact) mass is 559 g/mol. The lowest BCUT2D eigenvalue weighted by Gasteiger charge is -2.19. The van der Waals surface area contributed by atoms with Gasteiger partial charge in [-0.15, -0.1) is 0 Å². The average Bonchev–Trinajstić information content (AvgIpc) is 3.67. The number of rotatable bonds is 9. The number of anilines is 1. The average molecular weight is 560 g/mol. The molecule has 1 atom stereocenters. The summed E-state index contributed by atoms with van der Waals surface area (Å²) < 4.78 is 27.5. The van der Waals surface area contributed by atoms with E-state index < -0.39 is 22.8 Å². The third-order valence-corrected chi connectivity index (χ3v) is 7.15. The molecule has 2 aliphatic rings. The summed E-state index contributed by atoms with van der Waals surface area (Å²) in [6.45, 7) is 0.913. The van der Waals surface area contributed by atoms with Crippen LogP contribution in [0.25, 0.3) is 11.0 Å². The highest BCUT2D eigenvalue weighted by Crippen LogP contribution is 2.38. The molecule has 13 heteroatoms. The SMILES string of the molecule is COc1cc(CO/N=C2\CN(c3nc4c(cc3F)c(=O)c(C(=O)O)cn4C3CC3)CC2CN)cc(Cl)c1OC. The van der Waals surface area contributed by atoms with Crippen LogP contribution in [0.1, 0.15) is 34.8 Å². The number of aromatic carboxylic acids is 1. The van der Waals surface area contributed by atoms with Gasteiger partial charge in [-0.1, -0.05) is 16.8 Å². The van der Waals surface area contributed by atoms with Crippen molar-refractivity contribution < 1.29 is 28.6 Å². The van der Waals surface area contributed by atoms with E-state index in [1.165, 1.54) is 20.4 Å². The van der Waals surface area contributed by atoms with E-state index in [4.69, 9.17) is 31.6 Å². The fraction of sp³-hybridized carbons (Fsp3) is 0.385. The first-order chi connectivity index (χ1) is 18.7. The van der Waals surface area contributed by atoms with Crippen LogP contribution in [-0.2, 0) is 11.4 Å². The molecule has 0 amide bonds. The van der Waals surface area contributed by atoms with Gasteiger partial charge < -0.3 is 34.6 Å². The number of carboxylic acids is 1. The molecule has 11 nitrogen and oxygen atoms in total. The zero-order valence-electron chi connectivity index (χ0n) is 21.3. The molecular formula is C26H27ClFN5O6. The van der Waals surface area contributed by atoms with Gasteiger partial charge in [0.2, 0.25) is 5.43 Å². The van der Waals surface area contributed by atoms with E-state index in [0.29, 0.717) is 34.3 Å². The molecule has 39 heavy (non-hydrogen) atoms. The predicted molar refractivity (Wildman–Crippen MR) is 143 cm³/mol. The summed E-state index contributed by atoms with van der Waals surface area (Å²) in [6.07, 6.45) is 2.95. The van der Waals surface area contributed by atoms with Crippen LogP contribution in [0.5, 0.6) is 11.5 Å². The number of fused-ring (bicyclic) bond motifs is 1. The molecule has 5 rings (SSSR count). The summed E-state index contributed by atoms with van der Waals surface area (Å²) in [6, 6.07) is 4.50. The highest BCUT2D eigenvalue weighted by atomic mass is 35.5. The minimum Gasteiger partial charge on any atom is -0.493 e. The summed E-state index contributed by atoms with van der Waals surface area (Å²) in [5.41, 5.74) is 6.38. The van der Waals surface area contributed by atoms with E-state index in [-0.39, 0.29) is 48.5 Å². The second-order valence-corrected chi connectivity index (χ2v) is 9.87. The van der Waals surface area contributed by atoms with Crippen LogP contribution in [0.2, 0.25) is 5.02 Å². The largest absolute Gasteiger partial charge is 0.493 e. The Bertz CT molecular complexity index is 1540. The normalized spacial score (nSPS) is 18.1. The third kappa shape index (κ3) is 5.09. The zero-order chi connectivity index (χ0) is 27.8. The van der Waals surface area contributed by atoms with Crippen LogP contribution in [0.3, 0.4) is 0 Å². The standard InChI is InChI=1S/C26H27ClFN5O6/c1-37-21-6-13(5-18(27)23(21)38-2)12-39-31-20-11-32(9-14(20)8-29)25-19(28)7-16-22(34)17(26(35)36)10-33(15-3-4-15)24(16)30-25/h5-7,10,14-15H,3-4,8-9,11-12,29H2,1-2H3,(H,35,36)/b31-20+. The number of pyridine rings is 2. The van der Waals surface area contributed by atoms with Crippen molar-refractivity contribution >= 4 is 40.1 Å². The molecule has 1 aliphatic carbocycles. The summed E-state index contributed by atoms with van der Waals surface area (Å²) in [7, 11) is 3.00. The van der Waals surface area contributed by atoms with Gasteiger partial charge in [0.1, 0.15) is 17.8 Å². The Morgan fingerprint density at radius 3 is 2.69 bits per heavy atom. The fourth-order valence-corrected chi connectivity index (χ4v) is 5.03. The molecule has 1 unspecified atom stereocenters. The maximum atomic E-state index is 15.3. The van der Waals surface area contributed by atoms with Crippen LogP contribution in [0, 0.1) is 11.7 Å². The zero-order valence-corrected chi connectivity index (χ0v) is 22.1. The number of benzene rings is 1. The lowest BCUT2D eigenvalue weighted by Crippen LogP contribution is -2.26. The molecule has 2 aromatic heterocycles. The number of carboxylic acid groups (broad SMARTS) is 1. The van der Waals surface area contributed by atoms with Crippen molar-refractivity contribution in [3.05, 3.63) is 56.6 Å². The minimum absolute atomic E-state index is 0.0167. The summed E-state index contributed by atoms with van der Waals surface area (Å²) >= 11 is 6.26. The minimum atomic E-state index is -1.36. The molecule has 1 saturated heterocycles. The highest BCUT2D eigenvalue weighted by Gasteiger charge is 2.33. The van der Waals surface area contributed by atoms with Crippen molar-refractivity contribution in [2.45, 2.75) is 25.5 Å². The lowest BCUT2D eigenvalue weighted by atomic mass is 10.1. The van der Waals surface area contributed by atoms with E-state index in [1.54, 1.807) is 21.6 Å². The summed E-state index contributed by atoms with van der Waals surface area (Å²) in [5.74, 6) is -1.39. The number of halogens is 2. The summed E-state index contributed by atoms with van der Waals surface area (Å²) in [4.78, 5) is 36.1. The molecule has 1 aromatic carbocycles. The Hall–Kier alpha value is -3.90. The van der Waals surface area contributed by atoms with Crippen LogP contribution in [0.4, 0.5) is 10.2 Å². The number of ether oxygens (including phenoxy) is 2. The number of hydrogen-bond acceptors (Lipinski definition) is 9. The van der Waals surface area contributed by atoms with E-state index in [2.05, 4.69) is 10.1 Å². The number of aromatic nitrogens is 2. The number of carbonyl (C=O) groups is 1. The Morgan fingerprint density at radius 2 is 2.05 bits per heavy atom. The first-order valence-corrected chi connectivity index (χ1v) is 12.7. The Balaban J connectivity index is 1.41. The number of oxime groups is 1. The molecule has 3 aromatic rings. The Labute approximate surface area is 227 Å². The molecule has 1 aliphatic heterocycles. The third-order valence-electron chi connectivity index (χ3n) is 6.87. The number of nitrogens with zero attached hydrogens (tertiary/aromatic N) is 4. The van der Waals surface area contributed by atoms with Gasteiger partial charge in [0.25, 0.3) is 0 Å². The molecule has 3 N–H and O–H groups in total. The molecule has 0 radical (unpaired) electrons. The number of methoxy groups -OCH3 is 2. The number of hydrogen-bond donors (Lipinski definition) is 2. The van der Waals surface area contributed by atoms with E-state index in [0.717, 1.165) is 18.9 Å². The van der Waals surface area contributed by atoms with Crippen molar-refractivity contribution in [3.63, 3.8) is 0 Å². The molecule has 3 heterocycles. The van der Waals surface area contributed by atoms with Gasteiger partial charge in [-0.25, -0.2) is 14.2 Å². The van der Waals surface area contributed by atoms with Gasteiger partial charge in [0.05, 0.1) is 36.9 Å². The van der Waals surface area contributed by atoms with Gasteiger partial charge in [0.15, 0.2) is 23.1 Å². The number of nitrogens with two attached hydrogens (primary N) is 1. The highest BCUT2D eigenvalue weighted by molar-refractivity contribution is 6.32. The lowest BCUT2D eigenvalue weighted by molar-refractivity contribution is 0.0695. The van der Waals surface area contributed by atoms with Crippen LogP contribution in [0.15, 0.2) is 34.3 Å². The molecule has 0 spiro atoms. The van der Waals surface area contributed by atoms with E-state index >= 15 is 4.39 Å². The second kappa shape index (κ2) is 10.7. The smallest absolute Gasteiger partial charge is 0.341 e. The molecular weight excluding hydrogens is 533 g/mol. The van der Waals surface area contributed by atoms with Crippen LogP contribution in [-0.4, -0.2) is 60.2 Å². The fourth-order valence-electron chi connectivity index (χ4n) is 4.72. The van der Waals surface area contributed by atoms with Crippen LogP contribution >= 0.6 is 11.6 Å². The van der Waals surface area contributed by atoms with Crippen molar-refractivity contribution in [2.75, 3.05) is 38.8 Å². The topological polar surface area (TPSA) is 142 Å². The molecule has 1 saturated carbocycles. The molecule has 0 bridgehead atoms. The van der Waals surface area contributed by atoms with Crippen molar-refractivity contribution in [1.82, 2.24) is 9.55 Å². The second-order valence-electron chi connectivity index (χ2n) is 9.46. The van der Waals surface area contributed by atoms with Crippen LogP contribution < -0.4 is 25.5 Å². The first-order valence-electron chi connectivity index (χ1n) is 12.3. The maximum absolute atomic E-state index is 15.3. The first kappa shape index (κ1) is 26.7. The van der Waals surface area contributed by atoms with Gasteiger partial charge >= 0.3 is 5.97 Å². The quantitative estimate of drug-likeness (QED) is 0.378. The van der Waals surface area contributed by atoms with Crippen molar-refractivity contribution in [2.24, 2.45) is 16.8 Å². The predicted octanol–water partition coefficient (Wildman–Crippen LogP) is 3.21. The van der Waals surface area contributed by atoms with Crippen molar-refractivity contribution in [3.8, 4) is 11.5 Å². The van der Waals surface area contributed by atoms with Gasteiger partial charge in [-0.2, -0.15) is 0 Å². The van der Waals surface area contributed by atoms with Gasteiger partial charge in [-0.3, -0.25) is 4.79 Å². The summed E-state index contributed by atoms with van der Waals surface area (Å²) in [5, 5.41) is 14.0. The molecule has 206 valence electrons. The van der Waals surface area contributed by atoms with Gasteiger partial charge in [-0.05, 0) is 36.6 Å². The maximum Gasteiger partial charge on any atom is 0.341 e.